The number of aliphatic hydroxyl groups excluding tert-OH is 2. The van der Waals surface area contributed by atoms with Crippen LogP contribution in [0.4, 0.5) is 0 Å². The molecule has 1 rings (SSSR count). The first kappa shape index (κ1) is 17.1. The number of benzene rings is 1. The third kappa shape index (κ3) is 6.01. The lowest BCUT2D eigenvalue weighted by atomic mass is 10.0. The Morgan fingerprint density at radius 2 is 1.75 bits per heavy atom. The van der Waals surface area contributed by atoms with Crippen molar-refractivity contribution in [2.24, 2.45) is 0 Å². The van der Waals surface area contributed by atoms with Gasteiger partial charge in [0.05, 0.1) is 18.8 Å². The summed E-state index contributed by atoms with van der Waals surface area (Å²) in [5.41, 5.74) is 3.30. The van der Waals surface area contributed by atoms with Crippen molar-refractivity contribution in [2.75, 3.05) is 33.9 Å². The second-order valence-electron chi connectivity index (χ2n) is 5.60. The molecule has 0 aliphatic carbocycles. The molecule has 0 heterocycles. The normalized spacial score (nSPS) is 14.6. The van der Waals surface area contributed by atoms with E-state index in [4.69, 9.17) is 4.74 Å². The van der Waals surface area contributed by atoms with Crippen molar-refractivity contribution in [3.05, 3.63) is 34.9 Å². The molecule has 2 unspecified atom stereocenters. The van der Waals surface area contributed by atoms with Crippen LogP contribution < -0.4 is 0 Å². The fourth-order valence-electron chi connectivity index (χ4n) is 2.41. The zero-order chi connectivity index (χ0) is 15.1. The Morgan fingerprint density at radius 1 is 1.15 bits per heavy atom. The molecule has 0 bridgehead atoms. The van der Waals surface area contributed by atoms with Crippen molar-refractivity contribution >= 4 is 0 Å². The first-order valence-corrected chi connectivity index (χ1v) is 7.04. The van der Waals surface area contributed by atoms with Gasteiger partial charge in [-0.3, -0.25) is 0 Å². The summed E-state index contributed by atoms with van der Waals surface area (Å²) in [4.78, 5) is 2.01. The lowest BCUT2D eigenvalue weighted by Gasteiger charge is -2.22. The Bertz CT molecular complexity index is 388. The average Bonchev–Trinajstić information content (AvgIpc) is 2.35. The molecule has 114 valence electrons. The van der Waals surface area contributed by atoms with Gasteiger partial charge in [-0.2, -0.15) is 0 Å². The summed E-state index contributed by atoms with van der Waals surface area (Å²) in [7, 11) is 3.51. The van der Waals surface area contributed by atoms with Gasteiger partial charge in [-0.1, -0.05) is 29.3 Å². The van der Waals surface area contributed by atoms with Crippen LogP contribution in [0.25, 0.3) is 0 Å². The standard InChI is InChI=1S/C16H27NO3/c1-12-7-13(2)9-14(8-12)16(19)5-6-17(3)10-15(18)11-20-4/h7-9,15-16,18-19H,5-6,10-11H2,1-4H3. The highest BCUT2D eigenvalue weighted by Crippen LogP contribution is 2.19. The molecule has 0 radical (unpaired) electrons. The molecule has 1 aromatic rings. The topological polar surface area (TPSA) is 52.9 Å². The smallest absolute Gasteiger partial charge is 0.0899 e. The van der Waals surface area contributed by atoms with Gasteiger partial charge < -0.3 is 19.8 Å². The fraction of sp³-hybridized carbons (Fsp3) is 0.625. The van der Waals surface area contributed by atoms with E-state index in [0.717, 1.165) is 12.1 Å². The molecule has 0 saturated heterocycles. The summed E-state index contributed by atoms with van der Waals surface area (Å²) in [5.74, 6) is 0. The van der Waals surface area contributed by atoms with Gasteiger partial charge in [0.25, 0.3) is 0 Å². The Hall–Kier alpha value is -0.940. The molecular weight excluding hydrogens is 254 g/mol. The van der Waals surface area contributed by atoms with Gasteiger partial charge >= 0.3 is 0 Å². The number of hydrogen-bond acceptors (Lipinski definition) is 4. The number of rotatable bonds is 8. The summed E-state index contributed by atoms with van der Waals surface area (Å²) >= 11 is 0. The van der Waals surface area contributed by atoms with Gasteiger partial charge in [-0.05, 0) is 32.9 Å². The van der Waals surface area contributed by atoms with Crippen molar-refractivity contribution in [3.8, 4) is 0 Å². The Kier molecular flexibility index (Phi) is 7.16. The molecule has 4 nitrogen and oxygen atoms in total. The van der Waals surface area contributed by atoms with E-state index in [2.05, 4.69) is 6.07 Å². The zero-order valence-electron chi connectivity index (χ0n) is 13.0. The fourth-order valence-corrected chi connectivity index (χ4v) is 2.41. The molecule has 4 heteroatoms. The number of likely N-dealkylation sites (N-methyl/N-ethyl adjacent to an activating group) is 1. The number of methoxy groups -OCH3 is 1. The van der Waals surface area contributed by atoms with Crippen LogP contribution in [0.5, 0.6) is 0 Å². The van der Waals surface area contributed by atoms with Crippen LogP contribution in [0.15, 0.2) is 18.2 Å². The first-order valence-electron chi connectivity index (χ1n) is 7.04. The Morgan fingerprint density at radius 3 is 2.30 bits per heavy atom. The summed E-state index contributed by atoms with van der Waals surface area (Å²) in [6.07, 6.45) is -0.294. The molecule has 20 heavy (non-hydrogen) atoms. The van der Waals surface area contributed by atoms with E-state index in [0.29, 0.717) is 19.6 Å². The Labute approximate surface area is 122 Å². The van der Waals surface area contributed by atoms with E-state index in [1.165, 1.54) is 11.1 Å². The maximum Gasteiger partial charge on any atom is 0.0899 e. The van der Waals surface area contributed by atoms with Gasteiger partial charge in [-0.25, -0.2) is 0 Å². The molecule has 0 spiro atoms. The lowest BCUT2D eigenvalue weighted by Crippen LogP contribution is -2.33. The summed E-state index contributed by atoms with van der Waals surface area (Å²) < 4.78 is 4.90. The van der Waals surface area contributed by atoms with Crippen LogP contribution in [0, 0.1) is 13.8 Å². The molecule has 0 aromatic heterocycles. The third-order valence-corrected chi connectivity index (χ3v) is 3.29. The summed E-state index contributed by atoms with van der Waals surface area (Å²) in [6.45, 7) is 5.69. The first-order chi connectivity index (χ1) is 9.42. The maximum absolute atomic E-state index is 10.2. The minimum Gasteiger partial charge on any atom is -0.389 e. The summed E-state index contributed by atoms with van der Waals surface area (Å²) in [5, 5.41) is 19.9. The van der Waals surface area contributed by atoms with Crippen LogP contribution >= 0.6 is 0 Å². The van der Waals surface area contributed by atoms with Crippen LogP contribution in [0.3, 0.4) is 0 Å². The number of hydrogen-bond donors (Lipinski definition) is 2. The number of aryl methyl sites for hydroxylation is 2. The van der Waals surface area contributed by atoms with Gasteiger partial charge in [0.1, 0.15) is 0 Å². The molecule has 1 aromatic carbocycles. The van der Waals surface area contributed by atoms with Crippen LogP contribution in [-0.2, 0) is 4.74 Å². The van der Waals surface area contributed by atoms with Crippen LogP contribution in [-0.4, -0.2) is 55.1 Å². The van der Waals surface area contributed by atoms with Crippen LogP contribution in [0.2, 0.25) is 0 Å². The van der Waals surface area contributed by atoms with E-state index in [-0.39, 0.29) is 0 Å². The molecule has 0 saturated carbocycles. The molecule has 2 atom stereocenters. The number of ether oxygens (including phenoxy) is 1. The second kappa shape index (κ2) is 8.37. The SMILES string of the molecule is COCC(O)CN(C)CCC(O)c1cc(C)cc(C)c1. The van der Waals surface area contributed by atoms with Crippen molar-refractivity contribution in [3.63, 3.8) is 0 Å². The average molecular weight is 281 g/mol. The molecule has 0 fully saturated rings. The van der Waals surface area contributed by atoms with Gasteiger partial charge in [0.15, 0.2) is 0 Å². The van der Waals surface area contributed by atoms with E-state index in [1.54, 1.807) is 7.11 Å². The second-order valence-corrected chi connectivity index (χ2v) is 5.60. The minimum atomic E-state index is -0.483. The predicted molar refractivity (Wildman–Crippen MR) is 80.9 cm³/mol. The Balaban J connectivity index is 2.44. The molecule has 0 amide bonds. The number of aliphatic hydroxyl groups is 2. The molecule has 0 aliphatic rings. The molecular formula is C16H27NO3. The maximum atomic E-state index is 10.2. The molecule has 2 N–H and O–H groups in total. The lowest BCUT2D eigenvalue weighted by molar-refractivity contribution is 0.0398. The molecule has 0 aliphatic heterocycles. The highest BCUT2D eigenvalue weighted by molar-refractivity contribution is 5.29. The van der Waals surface area contributed by atoms with E-state index >= 15 is 0 Å². The zero-order valence-corrected chi connectivity index (χ0v) is 13.0. The van der Waals surface area contributed by atoms with Crippen molar-refractivity contribution in [2.45, 2.75) is 32.5 Å². The van der Waals surface area contributed by atoms with E-state index in [1.807, 2.05) is 37.9 Å². The van der Waals surface area contributed by atoms with Gasteiger partial charge in [0, 0.05) is 20.2 Å². The predicted octanol–water partition coefficient (Wildman–Crippen LogP) is 1.67. The largest absolute Gasteiger partial charge is 0.389 e. The minimum absolute atomic E-state index is 0.337. The highest BCUT2D eigenvalue weighted by Gasteiger charge is 2.12. The highest BCUT2D eigenvalue weighted by atomic mass is 16.5. The van der Waals surface area contributed by atoms with Crippen LogP contribution in [0.1, 0.15) is 29.2 Å². The number of nitrogens with zero attached hydrogens (tertiary/aromatic N) is 1. The van der Waals surface area contributed by atoms with Gasteiger partial charge in [-0.15, -0.1) is 0 Å². The van der Waals surface area contributed by atoms with Gasteiger partial charge in [0.2, 0.25) is 0 Å². The quantitative estimate of drug-likeness (QED) is 0.761. The van der Waals surface area contributed by atoms with Crippen molar-refractivity contribution in [1.82, 2.24) is 4.90 Å². The monoisotopic (exact) mass is 281 g/mol. The van der Waals surface area contributed by atoms with Crippen molar-refractivity contribution < 1.29 is 14.9 Å². The summed E-state index contributed by atoms with van der Waals surface area (Å²) in [6, 6.07) is 6.15. The van der Waals surface area contributed by atoms with Crippen molar-refractivity contribution in [1.29, 1.82) is 0 Å². The third-order valence-electron chi connectivity index (χ3n) is 3.29. The van der Waals surface area contributed by atoms with E-state index < -0.39 is 12.2 Å². The van der Waals surface area contributed by atoms with E-state index in [9.17, 15) is 10.2 Å².